The Labute approximate surface area is 131 Å². The van der Waals surface area contributed by atoms with E-state index in [1.54, 1.807) is 0 Å². The maximum Gasteiger partial charge on any atom is 0.321 e. The van der Waals surface area contributed by atoms with Gasteiger partial charge in [-0.15, -0.1) is 0 Å². The van der Waals surface area contributed by atoms with Crippen molar-refractivity contribution in [3.05, 3.63) is 0 Å². The lowest BCUT2D eigenvalue weighted by Gasteiger charge is -2.27. The standard InChI is InChI=1S/C12H20N2O9/c15-4-3-14(8(12(22)23)6-10(18)19)2-1-13-7(11(20)21)5-9(16)17/h7-8,13,15H,1-6H2,(H,16,17)(H,18,19)(H,20,21)(H,22,23)/t7-,8-/m0/s1. The van der Waals surface area contributed by atoms with Gasteiger partial charge in [0.05, 0.1) is 19.4 Å². The number of rotatable bonds is 13. The fourth-order valence-electron chi connectivity index (χ4n) is 1.89. The van der Waals surface area contributed by atoms with E-state index in [1.807, 2.05) is 0 Å². The molecule has 0 spiro atoms. The van der Waals surface area contributed by atoms with E-state index in [-0.39, 0.29) is 19.6 Å². The number of carboxylic acid groups (broad SMARTS) is 4. The van der Waals surface area contributed by atoms with Crippen LogP contribution in [0.5, 0.6) is 0 Å². The highest BCUT2D eigenvalue weighted by atomic mass is 16.4. The maximum atomic E-state index is 11.1. The summed E-state index contributed by atoms with van der Waals surface area (Å²) in [7, 11) is 0. The molecule has 0 unspecified atom stereocenters. The van der Waals surface area contributed by atoms with Gasteiger partial charge in [-0.05, 0) is 0 Å². The summed E-state index contributed by atoms with van der Waals surface area (Å²) < 4.78 is 0. The Hall–Kier alpha value is -2.24. The molecular weight excluding hydrogens is 316 g/mol. The summed E-state index contributed by atoms with van der Waals surface area (Å²) in [4.78, 5) is 44.4. The molecule has 0 amide bonds. The van der Waals surface area contributed by atoms with Gasteiger partial charge in [-0.1, -0.05) is 0 Å². The van der Waals surface area contributed by atoms with Crippen LogP contribution in [-0.2, 0) is 19.2 Å². The van der Waals surface area contributed by atoms with Crippen LogP contribution in [0.3, 0.4) is 0 Å². The predicted molar refractivity (Wildman–Crippen MR) is 74.0 cm³/mol. The molecule has 0 aromatic rings. The van der Waals surface area contributed by atoms with Crippen molar-refractivity contribution >= 4 is 23.9 Å². The largest absolute Gasteiger partial charge is 0.481 e. The Morgan fingerprint density at radius 1 is 0.870 bits per heavy atom. The Bertz CT molecular complexity index is 440. The fraction of sp³-hybridized carbons (Fsp3) is 0.667. The highest BCUT2D eigenvalue weighted by molar-refractivity contribution is 5.81. The second-order valence-corrected chi connectivity index (χ2v) is 4.65. The van der Waals surface area contributed by atoms with Crippen LogP contribution >= 0.6 is 0 Å². The molecule has 0 heterocycles. The molecule has 0 rings (SSSR count). The van der Waals surface area contributed by atoms with E-state index in [0.29, 0.717) is 0 Å². The summed E-state index contributed by atoms with van der Waals surface area (Å²) in [6, 6.07) is -2.74. The Morgan fingerprint density at radius 2 is 1.43 bits per heavy atom. The van der Waals surface area contributed by atoms with Crippen LogP contribution in [0.2, 0.25) is 0 Å². The van der Waals surface area contributed by atoms with E-state index in [0.717, 1.165) is 0 Å². The number of aliphatic carboxylic acids is 4. The zero-order chi connectivity index (χ0) is 18.0. The lowest BCUT2D eigenvalue weighted by molar-refractivity contribution is -0.150. The third-order valence-corrected chi connectivity index (χ3v) is 2.95. The summed E-state index contributed by atoms with van der Waals surface area (Å²) in [5, 5.41) is 46.6. The lowest BCUT2D eigenvalue weighted by atomic mass is 10.1. The first kappa shape index (κ1) is 20.8. The SMILES string of the molecule is O=C(O)C[C@H](NCCN(CCO)[C@@H](CC(=O)O)C(=O)O)C(=O)O. The number of aliphatic hydroxyl groups is 1. The predicted octanol–water partition coefficient (Wildman–Crippen LogP) is -2.27. The number of aliphatic hydroxyl groups excluding tert-OH is 1. The average Bonchev–Trinajstić information content (AvgIpc) is 2.41. The first-order valence-electron chi connectivity index (χ1n) is 6.66. The van der Waals surface area contributed by atoms with E-state index in [9.17, 15) is 19.2 Å². The van der Waals surface area contributed by atoms with Gasteiger partial charge in [-0.2, -0.15) is 0 Å². The van der Waals surface area contributed by atoms with Crippen LogP contribution in [0.4, 0.5) is 0 Å². The van der Waals surface area contributed by atoms with E-state index in [1.165, 1.54) is 4.90 Å². The molecule has 11 nitrogen and oxygen atoms in total. The second-order valence-electron chi connectivity index (χ2n) is 4.65. The number of carboxylic acids is 4. The van der Waals surface area contributed by atoms with E-state index >= 15 is 0 Å². The number of carbonyl (C=O) groups is 4. The van der Waals surface area contributed by atoms with Crippen LogP contribution in [0.25, 0.3) is 0 Å². The molecule has 132 valence electrons. The summed E-state index contributed by atoms with van der Waals surface area (Å²) in [5.41, 5.74) is 0. The molecule has 0 bridgehead atoms. The Balaban J connectivity index is 4.73. The van der Waals surface area contributed by atoms with Gasteiger partial charge >= 0.3 is 23.9 Å². The van der Waals surface area contributed by atoms with Gasteiger partial charge in [0.2, 0.25) is 0 Å². The van der Waals surface area contributed by atoms with Gasteiger partial charge in [0, 0.05) is 19.6 Å². The van der Waals surface area contributed by atoms with Crippen LogP contribution in [0.15, 0.2) is 0 Å². The molecule has 0 aliphatic carbocycles. The molecule has 0 saturated carbocycles. The van der Waals surface area contributed by atoms with Crippen LogP contribution < -0.4 is 5.32 Å². The summed E-state index contributed by atoms with van der Waals surface area (Å²) in [5.74, 6) is -5.41. The van der Waals surface area contributed by atoms with Gasteiger partial charge in [0.15, 0.2) is 0 Å². The fourth-order valence-corrected chi connectivity index (χ4v) is 1.89. The van der Waals surface area contributed by atoms with Crippen molar-refractivity contribution in [1.82, 2.24) is 10.2 Å². The molecule has 0 radical (unpaired) electrons. The molecule has 23 heavy (non-hydrogen) atoms. The molecule has 0 fully saturated rings. The lowest BCUT2D eigenvalue weighted by Crippen LogP contribution is -2.49. The third-order valence-electron chi connectivity index (χ3n) is 2.95. The summed E-state index contributed by atoms with van der Waals surface area (Å²) >= 11 is 0. The molecule has 0 aliphatic heterocycles. The van der Waals surface area contributed by atoms with Crippen molar-refractivity contribution in [2.75, 3.05) is 26.2 Å². The average molecular weight is 336 g/mol. The molecule has 0 saturated heterocycles. The molecular formula is C12H20N2O9. The smallest absolute Gasteiger partial charge is 0.321 e. The number of nitrogens with zero attached hydrogens (tertiary/aromatic N) is 1. The number of hydrogen-bond acceptors (Lipinski definition) is 7. The molecule has 11 heteroatoms. The second kappa shape index (κ2) is 10.5. The third kappa shape index (κ3) is 8.70. The van der Waals surface area contributed by atoms with Crippen molar-refractivity contribution in [2.24, 2.45) is 0 Å². The zero-order valence-corrected chi connectivity index (χ0v) is 12.2. The van der Waals surface area contributed by atoms with Crippen molar-refractivity contribution in [2.45, 2.75) is 24.9 Å². The maximum absolute atomic E-state index is 11.1. The van der Waals surface area contributed by atoms with Gasteiger partial charge in [-0.25, -0.2) is 0 Å². The van der Waals surface area contributed by atoms with Crippen molar-refractivity contribution < 1.29 is 44.7 Å². The van der Waals surface area contributed by atoms with E-state index in [4.69, 9.17) is 25.5 Å². The minimum Gasteiger partial charge on any atom is -0.481 e. The van der Waals surface area contributed by atoms with Gasteiger partial charge in [0.1, 0.15) is 12.1 Å². The highest BCUT2D eigenvalue weighted by Gasteiger charge is 2.28. The quantitative estimate of drug-likeness (QED) is 0.213. The molecule has 0 aromatic heterocycles. The molecule has 2 atom stereocenters. The van der Waals surface area contributed by atoms with Crippen LogP contribution in [0, 0.1) is 0 Å². The molecule has 6 N–H and O–H groups in total. The first-order chi connectivity index (χ1) is 10.7. The Morgan fingerprint density at radius 3 is 1.83 bits per heavy atom. The van der Waals surface area contributed by atoms with E-state index < -0.39 is 55.4 Å². The molecule has 0 aromatic carbocycles. The molecule has 0 aliphatic rings. The van der Waals surface area contributed by atoms with Crippen molar-refractivity contribution in [3.63, 3.8) is 0 Å². The Kier molecular flexibility index (Phi) is 9.46. The van der Waals surface area contributed by atoms with Crippen LogP contribution in [-0.4, -0.2) is 92.6 Å². The van der Waals surface area contributed by atoms with Gasteiger partial charge in [-0.3, -0.25) is 24.1 Å². The number of nitrogens with one attached hydrogen (secondary N) is 1. The van der Waals surface area contributed by atoms with E-state index in [2.05, 4.69) is 5.32 Å². The normalized spacial score (nSPS) is 13.5. The topological polar surface area (TPSA) is 185 Å². The minimum absolute atomic E-state index is 0.0752. The minimum atomic E-state index is -1.39. The summed E-state index contributed by atoms with van der Waals surface area (Å²) in [6.45, 7) is -0.703. The van der Waals surface area contributed by atoms with Gasteiger partial charge in [0.25, 0.3) is 0 Å². The highest BCUT2D eigenvalue weighted by Crippen LogP contribution is 2.05. The van der Waals surface area contributed by atoms with Gasteiger partial charge < -0.3 is 30.8 Å². The van der Waals surface area contributed by atoms with Crippen molar-refractivity contribution in [1.29, 1.82) is 0 Å². The summed E-state index contributed by atoms with van der Waals surface area (Å²) in [6.07, 6.45) is -1.35. The first-order valence-corrected chi connectivity index (χ1v) is 6.66. The zero-order valence-electron chi connectivity index (χ0n) is 12.2. The monoisotopic (exact) mass is 336 g/mol. The number of hydrogen-bond donors (Lipinski definition) is 6. The van der Waals surface area contributed by atoms with Crippen LogP contribution in [0.1, 0.15) is 12.8 Å². The van der Waals surface area contributed by atoms with Crippen molar-refractivity contribution in [3.8, 4) is 0 Å².